The van der Waals surface area contributed by atoms with Crippen LogP contribution in [0.15, 0.2) is 22.7 Å². The Kier molecular flexibility index (Phi) is 5.82. The van der Waals surface area contributed by atoms with E-state index in [9.17, 15) is 9.59 Å². The van der Waals surface area contributed by atoms with E-state index in [0.29, 0.717) is 10.7 Å². The van der Waals surface area contributed by atoms with Crippen LogP contribution in [0.5, 0.6) is 0 Å². The molecule has 0 aliphatic rings. The number of nitrogens with one attached hydrogen (secondary N) is 2. The van der Waals surface area contributed by atoms with Gasteiger partial charge in [-0.3, -0.25) is 9.59 Å². The fourth-order valence-corrected chi connectivity index (χ4v) is 2.28. The summed E-state index contributed by atoms with van der Waals surface area (Å²) in [6, 6.07) is 4.59. The SMILES string of the molecule is CC(=O)N[C@H](C(=O)Nc1ccc(Br)cc1Cl)C(C)C. The molecule has 1 atom stereocenters. The number of amides is 2. The van der Waals surface area contributed by atoms with E-state index in [1.165, 1.54) is 6.92 Å². The fraction of sp³-hybridized carbons (Fsp3) is 0.385. The van der Waals surface area contributed by atoms with Gasteiger partial charge >= 0.3 is 0 Å². The van der Waals surface area contributed by atoms with Gasteiger partial charge in [0.2, 0.25) is 11.8 Å². The number of rotatable bonds is 4. The lowest BCUT2D eigenvalue weighted by molar-refractivity contribution is -0.126. The van der Waals surface area contributed by atoms with E-state index in [4.69, 9.17) is 11.6 Å². The molecule has 0 radical (unpaired) electrons. The molecule has 0 bridgehead atoms. The molecule has 1 aromatic rings. The zero-order valence-electron chi connectivity index (χ0n) is 11.0. The van der Waals surface area contributed by atoms with Crippen molar-refractivity contribution >= 4 is 45.0 Å². The molecule has 2 amide bonds. The lowest BCUT2D eigenvalue weighted by atomic mass is 10.0. The average molecular weight is 348 g/mol. The molecule has 4 nitrogen and oxygen atoms in total. The van der Waals surface area contributed by atoms with Crippen LogP contribution in [-0.4, -0.2) is 17.9 Å². The van der Waals surface area contributed by atoms with Gasteiger partial charge in [-0.1, -0.05) is 41.4 Å². The molecule has 1 rings (SSSR count). The van der Waals surface area contributed by atoms with E-state index < -0.39 is 6.04 Å². The van der Waals surface area contributed by atoms with E-state index in [1.807, 2.05) is 13.8 Å². The number of carbonyl (C=O) groups is 2. The van der Waals surface area contributed by atoms with E-state index in [2.05, 4.69) is 26.6 Å². The van der Waals surface area contributed by atoms with Crippen LogP contribution < -0.4 is 10.6 Å². The molecule has 1 aromatic carbocycles. The second-order valence-electron chi connectivity index (χ2n) is 4.54. The van der Waals surface area contributed by atoms with Gasteiger partial charge in [0, 0.05) is 11.4 Å². The van der Waals surface area contributed by atoms with E-state index in [1.54, 1.807) is 18.2 Å². The predicted molar refractivity (Wildman–Crippen MR) is 80.2 cm³/mol. The Morgan fingerprint density at radius 2 is 1.95 bits per heavy atom. The number of carbonyl (C=O) groups excluding carboxylic acids is 2. The number of benzene rings is 1. The molecular formula is C13H16BrClN2O2. The quantitative estimate of drug-likeness (QED) is 0.878. The van der Waals surface area contributed by atoms with Gasteiger partial charge < -0.3 is 10.6 Å². The summed E-state index contributed by atoms with van der Waals surface area (Å²) in [5.74, 6) is -0.539. The van der Waals surface area contributed by atoms with Gasteiger partial charge in [-0.25, -0.2) is 0 Å². The first-order valence-corrected chi connectivity index (χ1v) is 7.01. The largest absolute Gasteiger partial charge is 0.344 e. The zero-order chi connectivity index (χ0) is 14.6. The standard InChI is InChI=1S/C13H16BrClN2O2/c1-7(2)12(16-8(3)18)13(19)17-11-5-4-9(14)6-10(11)15/h4-7,12H,1-3H3,(H,16,18)(H,17,19)/t12-/m0/s1. The molecule has 0 spiro atoms. The summed E-state index contributed by atoms with van der Waals surface area (Å²) in [5, 5.41) is 5.78. The maximum absolute atomic E-state index is 12.1. The molecule has 0 saturated heterocycles. The second kappa shape index (κ2) is 6.91. The lowest BCUT2D eigenvalue weighted by Crippen LogP contribution is -2.46. The van der Waals surface area contributed by atoms with Crippen molar-refractivity contribution in [3.05, 3.63) is 27.7 Å². The summed E-state index contributed by atoms with van der Waals surface area (Å²) in [7, 11) is 0. The second-order valence-corrected chi connectivity index (χ2v) is 5.86. The van der Waals surface area contributed by atoms with Crippen LogP contribution in [0.4, 0.5) is 5.69 Å². The summed E-state index contributed by atoms with van der Waals surface area (Å²) in [6.07, 6.45) is 0. The van der Waals surface area contributed by atoms with Crippen LogP contribution >= 0.6 is 27.5 Å². The van der Waals surface area contributed by atoms with E-state index >= 15 is 0 Å². The first-order valence-electron chi connectivity index (χ1n) is 5.84. The molecule has 6 heteroatoms. The van der Waals surface area contributed by atoms with Crippen LogP contribution in [0.1, 0.15) is 20.8 Å². The van der Waals surface area contributed by atoms with Gasteiger partial charge in [-0.15, -0.1) is 0 Å². The molecule has 0 fully saturated rings. The maximum Gasteiger partial charge on any atom is 0.247 e. The van der Waals surface area contributed by atoms with Crippen molar-refractivity contribution < 1.29 is 9.59 Å². The molecule has 0 aliphatic carbocycles. The first kappa shape index (κ1) is 16.0. The van der Waals surface area contributed by atoms with Crippen molar-refractivity contribution in [3.63, 3.8) is 0 Å². The van der Waals surface area contributed by atoms with Crippen molar-refractivity contribution in [1.82, 2.24) is 5.32 Å². The Bertz CT molecular complexity index is 492. The van der Waals surface area contributed by atoms with Gasteiger partial charge in [0.15, 0.2) is 0 Å². The number of hydrogen-bond acceptors (Lipinski definition) is 2. The molecule has 104 valence electrons. The van der Waals surface area contributed by atoms with Crippen LogP contribution in [-0.2, 0) is 9.59 Å². The third-order valence-corrected chi connectivity index (χ3v) is 3.30. The highest BCUT2D eigenvalue weighted by molar-refractivity contribution is 9.10. The molecule has 0 aromatic heterocycles. The Balaban J connectivity index is 2.84. The van der Waals surface area contributed by atoms with E-state index in [-0.39, 0.29) is 17.7 Å². The number of halogens is 2. The molecular weight excluding hydrogens is 332 g/mol. The van der Waals surface area contributed by atoms with Gasteiger partial charge in [0.05, 0.1) is 10.7 Å². The molecule has 19 heavy (non-hydrogen) atoms. The first-order chi connectivity index (χ1) is 8.81. The summed E-state index contributed by atoms with van der Waals surface area (Å²) in [6.45, 7) is 5.11. The molecule has 2 N–H and O–H groups in total. The van der Waals surface area contributed by atoms with Gasteiger partial charge in [0.25, 0.3) is 0 Å². The van der Waals surface area contributed by atoms with Crippen LogP contribution in [0.3, 0.4) is 0 Å². The van der Waals surface area contributed by atoms with Crippen molar-refractivity contribution in [2.45, 2.75) is 26.8 Å². The van der Waals surface area contributed by atoms with Gasteiger partial charge in [-0.2, -0.15) is 0 Å². The highest BCUT2D eigenvalue weighted by atomic mass is 79.9. The van der Waals surface area contributed by atoms with Crippen molar-refractivity contribution in [2.24, 2.45) is 5.92 Å². The molecule has 0 aliphatic heterocycles. The third kappa shape index (κ3) is 4.84. The minimum atomic E-state index is -0.586. The summed E-state index contributed by atoms with van der Waals surface area (Å²) >= 11 is 9.32. The normalized spacial score (nSPS) is 12.1. The summed E-state index contributed by atoms with van der Waals surface area (Å²) in [5.41, 5.74) is 0.519. The zero-order valence-corrected chi connectivity index (χ0v) is 13.3. The molecule has 0 heterocycles. The average Bonchev–Trinajstić information content (AvgIpc) is 2.29. The Morgan fingerprint density at radius 1 is 1.32 bits per heavy atom. The topological polar surface area (TPSA) is 58.2 Å². The summed E-state index contributed by atoms with van der Waals surface area (Å²) in [4.78, 5) is 23.2. The fourth-order valence-electron chi connectivity index (χ4n) is 1.56. The monoisotopic (exact) mass is 346 g/mol. The highest BCUT2D eigenvalue weighted by Crippen LogP contribution is 2.25. The van der Waals surface area contributed by atoms with Crippen LogP contribution in [0, 0.1) is 5.92 Å². The Hall–Kier alpha value is -1.07. The van der Waals surface area contributed by atoms with Gasteiger partial charge in [-0.05, 0) is 24.1 Å². The minimum Gasteiger partial charge on any atom is -0.344 e. The Morgan fingerprint density at radius 3 is 2.42 bits per heavy atom. The molecule has 0 unspecified atom stereocenters. The Labute approximate surface area is 126 Å². The minimum absolute atomic E-state index is 0.0156. The third-order valence-electron chi connectivity index (χ3n) is 2.50. The van der Waals surface area contributed by atoms with Crippen LogP contribution in [0.25, 0.3) is 0 Å². The van der Waals surface area contributed by atoms with Crippen molar-refractivity contribution in [1.29, 1.82) is 0 Å². The van der Waals surface area contributed by atoms with Crippen molar-refractivity contribution in [3.8, 4) is 0 Å². The summed E-state index contributed by atoms with van der Waals surface area (Å²) < 4.78 is 0.831. The number of anilines is 1. The predicted octanol–water partition coefficient (Wildman–Crippen LogP) is 3.20. The number of hydrogen-bond donors (Lipinski definition) is 2. The maximum atomic E-state index is 12.1. The van der Waals surface area contributed by atoms with E-state index in [0.717, 1.165) is 4.47 Å². The highest BCUT2D eigenvalue weighted by Gasteiger charge is 2.23. The lowest BCUT2D eigenvalue weighted by Gasteiger charge is -2.21. The molecule has 0 saturated carbocycles. The smallest absolute Gasteiger partial charge is 0.247 e. The van der Waals surface area contributed by atoms with Crippen LogP contribution in [0.2, 0.25) is 5.02 Å². The van der Waals surface area contributed by atoms with Crippen molar-refractivity contribution in [2.75, 3.05) is 5.32 Å². The van der Waals surface area contributed by atoms with Gasteiger partial charge in [0.1, 0.15) is 6.04 Å².